The Hall–Kier alpha value is -0.420. The average Bonchev–Trinajstić information content (AvgIpc) is 2.27. The number of benzene rings is 2. The first-order chi connectivity index (χ1) is 7.58. The van der Waals surface area contributed by atoms with Gasteiger partial charge in [0.05, 0.1) is 8.39 Å². The Morgan fingerprint density at radius 1 is 0.750 bits per heavy atom. The van der Waals surface area contributed by atoms with E-state index in [-0.39, 0.29) is 0 Å². The molecule has 0 fully saturated rings. The van der Waals surface area contributed by atoms with Gasteiger partial charge in [0, 0.05) is 0 Å². The molecule has 0 saturated carbocycles. The smallest absolute Gasteiger partial charge is 0.0748 e. The van der Waals surface area contributed by atoms with Gasteiger partial charge in [0.15, 0.2) is 0 Å². The summed E-state index contributed by atoms with van der Waals surface area (Å²) in [5.41, 5.74) is 1.93. The summed E-state index contributed by atoms with van der Waals surface area (Å²) < 4.78 is 1.21. The van der Waals surface area contributed by atoms with Crippen molar-refractivity contribution >= 4 is 68.9 Å². The third-order valence-electron chi connectivity index (χ3n) is 2.33. The summed E-state index contributed by atoms with van der Waals surface area (Å²) in [6, 6.07) is 12.0. The topological polar surface area (TPSA) is 0 Å². The van der Waals surface area contributed by atoms with E-state index in [1.54, 1.807) is 0 Å². The maximum absolute atomic E-state index is 5.02. The first kappa shape index (κ1) is 12.0. The lowest BCUT2D eigenvalue weighted by atomic mass is 10.1. The molecule has 0 amide bonds. The van der Waals surface area contributed by atoms with Crippen molar-refractivity contribution in [3.05, 3.63) is 47.5 Å². The fourth-order valence-corrected chi connectivity index (χ4v) is 2.04. The van der Waals surface area contributed by atoms with Gasteiger partial charge in [-0.25, -0.2) is 0 Å². The van der Waals surface area contributed by atoms with Gasteiger partial charge >= 0.3 is 0 Å². The van der Waals surface area contributed by atoms with Crippen molar-refractivity contribution in [1.29, 1.82) is 0 Å². The van der Waals surface area contributed by atoms with E-state index in [1.807, 2.05) is 36.4 Å². The summed E-state index contributed by atoms with van der Waals surface area (Å²) in [6.45, 7) is 0. The standard InChI is InChI=1S/C12H8S4/c13-11(14)9-3-1-7-5-10(12(15)16)4-2-8(7)6-9/h1-6H,(H,13,14)(H,15,16). The molecule has 0 aliphatic carbocycles. The van der Waals surface area contributed by atoms with Crippen LogP contribution in [0.2, 0.25) is 0 Å². The molecule has 0 spiro atoms. The second-order valence-electron chi connectivity index (χ2n) is 3.39. The molecule has 0 radical (unpaired) electrons. The highest BCUT2D eigenvalue weighted by Crippen LogP contribution is 2.20. The Bertz CT molecular complexity index is 533. The zero-order valence-electron chi connectivity index (χ0n) is 8.18. The predicted molar refractivity (Wildman–Crippen MR) is 85.3 cm³/mol. The Kier molecular flexibility index (Phi) is 3.64. The van der Waals surface area contributed by atoms with Gasteiger partial charge in [-0.3, -0.25) is 0 Å². The van der Waals surface area contributed by atoms with E-state index in [9.17, 15) is 0 Å². The minimum atomic E-state index is 0.607. The fraction of sp³-hybridized carbons (Fsp3) is 0. The molecule has 2 aromatic carbocycles. The normalized spacial score (nSPS) is 10.4. The molecule has 4 heteroatoms. The molecule has 0 nitrogen and oxygen atoms in total. The van der Waals surface area contributed by atoms with Crippen molar-refractivity contribution in [2.45, 2.75) is 0 Å². The molecule has 80 valence electrons. The van der Waals surface area contributed by atoms with Crippen LogP contribution in [0.4, 0.5) is 0 Å². The van der Waals surface area contributed by atoms with Crippen molar-refractivity contribution in [2.24, 2.45) is 0 Å². The van der Waals surface area contributed by atoms with Crippen molar-refractivity contribution in [3.63, 3.8) is 0 Å². The molecule has 2 aromatic rings. The van der Waals surface area contributed by atoms with Crippen LogP contribution >= 0.6 is 49.7 Å². The molecule has 0 aliphatic rings. The highest BCUT2D eigenvalue weighted by molar-refractivity contribution is 8.12. The van der Waals surface area contributed by atoms with E-state index in [0.717, 1.165) is 21.9 Å². The third-order valence-corrected chi connectivity index (χ3v) is 3.32. The third kappa shape index (κ3) is 2.46. The molecule has 0 bridgehead atoms. The molecule has 0 saturated heterocycles. The molecule has 0 heterocycles. The molecule has 0 N–H and O–H groups in total. The van der Waals surface area contributed by atoms with Crippen molar-refractivity contribution in [2.75, 3.05) is 0 Å². The SMILES string of the molecule is S=C(S)c1ccc2cc(C(=S)S)ccc2c1. The van der Waals surface area contributed by atoms with E-state index in [1.165, 1.54) is 0 Å². The molecule has 0 unspecified atom stereocenters. The van der Waals surface area contributed by atoms with Crippen molar-refractivity contribution < 1.29 is 0 Å². The Labute approximate surface area is 116 Å². The second-order valence-corrected chi connectivity index (χ2v) is 5.70. The first-order valence-corrected chi connectivity index (χ1v) is 6.29. The quantitative estimate of drug-likeness (QED) is 0.629. The van der Waals surface area contributed by atoms with Gasteiger partial charge in [0.25, 0.3) is 0 Å². The number of thiocarbonyl (C=S) groups is 2. The predicted octanol–water partition coefficient (Wildman–Crippen LogP) is 4.05. The molecule has 16 heavy (non-hydrogen) atoms. The summed E-state index contributed by atoms with van der Waals surface area (Å²) in [7, 11) is 0. The van der Waals surface area contributed by atoms with Crippen LogP contribution in [0.1, 0.15) is 11.1 Å². The number of rotatable bonds is 2. The maximum atomic E-state index is 5.02. The van der Waals surface area contributed by atoms with Gasteiger partial charge in [-0.05, 0) is 34.0 Å². The number of hydrogen-bond acceptors (Lipinski definition) is 2. The fourth-order valence-electron chi connectivity index (χ4n) is 1.51. The molecular weight excluding hydrogens is 272 g/mol. The van der Waals surface area contributed by atoms with E-state index >= 15 is 0 Å². The van der Waals surface area contributed by atoms with Crippen molar-refractivity contribution in [3.8, 4) is 0 Å². The van der Waals surface area contributed by atoms with E-state index in [4.69, 9.17) is 24.4 Å². The monoisotopic (exact) mass is 280 g/mol. The largest absolute Gasteiger partial charge is 0.131 e. The van der Waals surface area contributed by atoms with E-state index in [0.29, 0.717) is 8.39 Å². The number of thiol groups is 2. The summed E-state index contributed by atoms with van der Waals surface area (Å²) >= 11 is 18.4. The van der Waals surface area contributed by atoms with Gasteiger partial charge in [-0.15, -0.1) is 25.3 Å². The lowest BCUT2D eigenvalue weighted by molar-refractivity contribution is 1.71. The molecular formula is C12H8S4. The lowest BCUT2D eigenvalue weighted by Crippen LogP contribution is -1.89. The summed E-state index contributed by atoms with van der Waals surface area (Å²) in [5, 5.41) is 2.25. The molecule has 0 aliphatic heterocycles. The first-order valence-electron chi connectivity index (χ1n) is 4.58. The van der Waals surface area contributed by atoms with Crippen LogP contribution in [0, 0.1) is 0 Å². The summed E-state index contributed by atoms with van der Waals surface area (Å²) in [6.07, 6.45) is 0. The zero-order valence-corrected chi connectivity index (χ0v) is 11.6. The minimum absolute atomic E-state index is 0.607. The minimum Gasteiger partial charge on any atom is -0.131 e. The molecule has 0 atom stereocenters. The van der Waals surface area contributed by atoms with Gasteiger partial charge in [0.2, 0.25) is 0 Å². The number of fused-ring (bicyclic) bond motifs is 1. The van der Waals surface area contributed by atoms with Crippen LogP contribution in [0.3, 0.4) is 0 Å². The Morgan fingerprint density at radius 2 is 1.12 bits per heavy atom. The van der Waals surface area contributed by atoms with Gasteiger partial charge in [-0.2, -0.15) is 0 Å². The zero-order chi connectivity index (χ0) is 11.7. The highest BCUT2D eigenvalue weighted by atomic mass is 32.1. The van der Waals surface area contributed by atoms with E-state index in [2.05, 4.69) is 25.3 Å². The van der Waals surface area contributed by atoms with Gasteiger partial charge < -0.3 is 0 Å². The van der Waals surface area contributed by atoms with Crippen LogP contribution in [0.5, 0.6) is 0 Å². The molecule has 0 aromatic heterocycles. The molecule has 2 rings (SSSR count). The van der Waals surface area contributed by atoms with Gasteiger partial charge in [-0.1, -0.05) is 48.7 Å². The Morgan fingerprint density at radius 3 is 1.44 bits per heavy atom. The van der Waals surface area contributed by atoms with Crippen LogP contribution < -0.4 is 0 Å². The van der Waals surface area contributed by atoms with Crippen molar-refractivity contribution in [1.82, 2.24) is 0 Å². The van der Waals surface area contributed by atoms with Gasteiger partial charge in [0.1, 0.15) is 0 Å². The highest BCUT2D eigenvalue weighted by Gasteiger charge is 2.01. The summed E-state index contributed by atoms with van der Waals surface area (Å²) in [4.78, 5) is 0. The maximum Gasteiger partial charge on any atom is 0.0748 e. The number of hydrogen-bond donors (Lipinski definition) is 2. The Balaban J connectivity index is 2.61. The summed E-state index contributed by atoms with van der Waals surface area (Å²) in [5.74, 6) is 0. The van der Waals surface area contributed by atoms with Crippen LogP contribution in [0.15, 0.2) is 36.4 Å². The van der Waals surface area contributed by atoms with E-state index < -0.39 is 0 Å². The van der Waals surface area contributed by atoms with Crippen LogP contribution in [0.25, 0.3) is 10.8 Å². The average molecular weight is 280 g/mol. The van der Waals surface area contributed by atoms with Crippen LogP contribution in [-0.2, 0) is 0 Å². The second kappa shape index (κ2) is 4.84. The van der Waals surface area contributed by atoms with Crippen LogP contribution in [-0.4, -0.2) is 8.39 Å². The lowest BCUT2D eigenvalue weighted by Gasteiger charge is -2.03.